The molecule has 1 saturated carbocycles. The lowest BCUT2D eigenvalue weighted by Crippen LogP contribution is -2.34. The van der Waals surface area contributed by atoms with Crippen molar-refractivity contribution in [3.8, 4) is 0 Å². The maximum atomic E-state index is 10.4. The van der Waals surface area contributed by atoms with Crippen molar-refractivity contribution < 1.29 is 14.6 Å². The molecular formula is C7H9O3-. The quantitative estimate of drug-likeness (QED) is 0.454. The van der Waals surface area contributed by atoms with Gasteiger partial charge >= 0.3 is 0 Å². The van der Waals surface area contributed by atoms with Crippen molar-refractivity contribution in [3.63, 3.8) is 0 Å². The normalized spacial score (nSPS) is 44.2. The molecule has 3 nitrogen and oxygen atoms in total. The third-order valence-corrected chi connectivity index (χ3v) is 2.34. The first-order chi connectivity index (χ1) is 4.77. The molecule has 0 spiro atoms. The zero-order chi connectivity index (χ0) is 7.14. The Kier molecular flexibility index (Phi) is 1.20. The number of hydrogen-bond donors (Lipinski definition) is 0. The molecule has 1 saturated heterocycles. The maximum Gasteiger partial charge on any atom is 0.0848 e. The molecule has 0 amide bonds. The van der Waals surface area contributed by atoms with Crippen molar-refractivity contribution in [2.24, 2.45) is 5.92 Å². The molecule has 1 aliphatic heterocycles. The van der Waals surface area contributed by atoms with Crippen LogP contribution in [0.1, 0.15) is 19.3 Å². The Balaban J connectivity index is 1.94. The van der Waals surface area contributed by atoms with Crippen LogP contribution in [0.4, 0.5) is 0 Å². The highest BCUT2D eigenvalue weighted by Gasteiger charge is 2.43. The molecule has 0 aromatic rings. The summed E-state index contributed by atoms with van der Waals surface area (Å²) in [5.41, 5.74) is 0. The number of hydrogen-bond acceptors (Lipinski definition) is 3. The molecule has 2 fully saturated rings. The van der Waals surface area contributed by atoms with Crippen LogP contribution in [0.25, 0.3) is 0 Å². The van der Waals surface area contributed by atoms with Crippen LogP contribution >= 0.6 is 0 Å². The molecule has 0 radical (unpaired) electrons. The van der Waals surface area contributed by atoms with Gasteiger partial charge in [0.05, 0.1) is 12.2 Å². The van der Waals surface area contributed by atoms with Gasteiger partial charge in [0.1, 0.15) is 0 Å². The zero-order valence-corrected chi connectivity index (χ0v) is 5.58. The van der Waals surface area contributed by atoms with Gasteiger partial charge in [0.25, 0.3) is 0 Å². The van der Waals surface area contributed by atoms with Crippen LogP contribution in [-0.2, 0) is 9.53 Å². The Bertz CT molecular complexity index is 166. The molecule has 1 heterocycles. The number of carboxylic acids is 1. The number of ether oxygens (including phenoxy) is 1. The molecule has 10 heavy (non-hydrogen) atoms. The molecule has 1 aliphatic carbocycles. The Morgan fingerprint density at radius 3 is 2.80 bits per heavy atom. The lowest BCUT2D eigenvalue weighted by Gasteiger charge is -2.18. The van der Waals surface area contributed by atoms with E-state index in [4.69, 9.17) is 4.74 Å². The smallest absolute Gasteiger partial charge is 0.0848 e. The van der Waals surface area contributed by atoms with Gasteiger partial charge in [-0.3, -0.25) is 0 Å². The second-order valence-electron chi connectivity index (χ2n) is 3.04. The van der Waals surface area contributed by atoms with E-state index in [1.54, 1.807) is 0 Å². The van der Waals surface area contributed by atoms with E-state index < -0.39 is 5.97 Å². The highest BCUT2D eigenvalue weighted by molar-refractivity contribution is 5.67. The van der Waals surface area contributed by atoms with Crippen LogP contribution in [0.2, 0.25) is 0 Å². The van der Waals surface area contributed by atoms with Gasteiger partial charge < -0.3 is 14.6 Å². The van der Waals surface area contributed by atoms with E-state index in [-0.39, 0.29) is 12.0 Å². The fraction of sp³-hybridized carbons (Fsp3) is 0.857. The predicted molar refractivity (Wildman–Crippen MR) is 31.0 cm³/mol. The summed E-state index contributed by atoms with van der Waals surface area (Å²) >= 11 is 0. The number of carbonyl (C=O) groups is 1. The van der Waals surface area contributed by atoms with Gasteiger partial charge in [-0.15, -0.1) is 0 Å². The topological polar surface area (TPSA) is 52.7 Å². The summed E-state index contributed by atoms with van der Waals surface area (Å²) < 4.78 is 5.17. The molecule has 3 atom stereocenters. The molecule has 0 aromatic heterocycles. The van der Waals surface area contributed by atoms with Gasteiger partial charge in [0, 0.05) is 11.9 Å². The van der Waals surface area contributed by atoms with Crippen molar-refractivity contribution in [3.05, 3.63) is 0 Å². The fourth-order valence-corrected chi connectivity index (χ4v) is 1.62. The van der Waals surface area contributed by atoms with E-state index >= 15 is 0 Å². The average Bonchev–Trinajstić information content (AvgIpc) is 2.63. The zero-order valence-electron chi connectivity index (χ0n) is 5.58. The van der Waals surface area contributed by atoms with Gasteiger partial charge in [-0.25, -0.2) is 0 Å². The highest BCUT2D eigenvalue weighted by Crippen LogP contribution is 2.38. The minimum absolute atomic E-state index is 0.247. The third-order valence-electron chi connectivity index (χ3n) is 2.34. The Labute approximate surface area is 59.0 Å². The monoisotopic (exact) mass is 141 g/mol. The van der Waals surface area contributed by atoms with Gasteiger partial charge in [0.2, 0.25) is 0 Å². The van der Waals surface area contributed by atoms with E-state index in [0.717, 1.165) is 12.8 Å². The Morgan fingerprint density at radius 2 is 2.20 bits per heavy atom. The summed E-state index contributed by atoms with van der Waals surface area (Å²) in [6.07, 6.45) is 2.95. The minimum atomic E-state index is -0.908. The van der Waals surface area contributed by atoms with E-state index in [1.807, 2.05) is 0 Å². The van der Waals surface area contributed by atoms with Gasteiger partial charge in [-0.1, -0.05) is 0 Å². The Hall–Kier alpha value is -0.570. The predicted octanol–water partition coefficient (Wildman–Crippen LogP) is -0.696. The molecule has 0 bridgehead atoms. The first-order valence-corrected chi connectivity index (χ1v) is 3.63. The lowest BCUT2D eigenvalue weighted by molar-refractivity contribution is -0.312. The molecule has 56 valence electrons. The largest absolute Gasteiger partial charge is 0.550 e. The molecular weight excluding hydrogens is 132 g/mol. The third kappa shape index (κ3) is 0.904. The van der Waals surface area contributed by atoms with Crippen LogP contribution < -0.4 is 5.11 Å². The standard InChI is InChI=1S/C7H10O3/c8-7(9)4-1-2-5-6(3-4)10-5/h4-6H,1-3H2,(H,8,9)/p-1/t4?,5-,6?/m0/s1. The molecule has 2 rings (SSSR count). The average molecular weight is 141 g/mol. The van der Waals surface area contributed by atoms with Crippen molar-refractivity contribution >= 4 is 5.97 Å². The van der Waals surface area contributed by atoms with Crippen LogP contribution in [-0.4, -0.2) is 18.2 Å². The summed E-state index contributed by atoms with van der Waals surface area (Å²) in [6.45, 7) is 0. The van der Waals surface area contributed by atoms with Crippen molar-refractivity contribution in [1.29, 1.82) is 0 Å². The summed E-state index contributed by atoms with van der Waals surface area (Å²) in [7, 11) is 0. The van der Waals surface area contributed by atoms with Crippen molar-refractivity contribution in [2.45, 2.75) is 31.5 Å². The minimum Gasteiger partial charge on any atom is -0.550 e. The van der Waals surface area contributed by atoms with E-state index in [9.17, 15) is 9.90 Å². The number of rotatable bonds is 1. The molecule has 0 N–H and O–H groups in total. The molecule has 0 aromatic carbocycles. The van der Waals surface area contributed by atoms with Crippen LogP contribution in [0, 0.1) is 5.92 Å². The number of fused-ring (bicyclic) bond motifs is 1. The van der Waals surface area contributed by atoms with E-state index in [1.165, 1.54) is 0 Å². The Morgan fingerprint density at radius 1 is 1.40 bits per heavy atom. The SMILES string of the molecule is O=C([O-])C1CC[C@@H]2OC2C1. The highest BCUT2D eigenvalue weighted by atomic mass is 16.6. The summed E-state index contributed by atoms with van der Waals surface area (Å²) in [4.78, 5) is 10.4. The summed E-state index contributed by atoms with van der Waals surface area (Å²) in [5.74, 6) is -1.15. The first-order valence-electron chi connectivity index (χ1n) is 3.63. The van der Waals surface area contributed by atoms with Gasteiger partial charge in [0.15, 0.2) is 0 Å². The van der Waals surface area contributed by atoms with Gasteiger partial charge in [-0.05, 0) is 19.3 Å². The number of carboxylic acid groups (broad SMARTS) is 1. The molecule has 2 unspecified atom stereocenters. The number of carbonyl (C=O) groups excluding carboxylic acids is 1. The number of aliphatic carboxylic acids is 1. The van der Waals surface area contributed by atoms with Crippen LogP contribution in [0.15, 0.2) is 0 Å². The fourth-order valence-electron chi connectivity index (χ4n) is 1.62. The van der Waals surface area contributed by atoms with E-state index in [0.29, 0.717) is 12.5 Å². The maximum absolute atomic E-state index is 10.4. The van der Waals surface area contributed by atoms with Crippen LogP contribution in [0.3, 0.4) is 0 Å². The lowest BCUT2D eigenvalue weighted by atomic mass is 9.90. The second kappa shape index (κ2) is 1.95. The van der Waals surface area contributed by atoms with E-state index in [2.05, 4.69) is 0 Å². The molecule has 3 heteroatoms. The summed E-state index contributed by atoms with van der Waals surface area (Å²) in [5, 5.41) is 10.4. The summed E-state index contributed by atoms with van der Waals surface area (Å²) in [6, 6.07) is 0. The van der Waals surface area contributed by atoms with Gasteiger partial charge in [-0.2, -0.15) is 0 Å². The number of epoxide rings is 1. The first kappa shape index (κ1) is 6.16. The van der Waals surface area contributed by atoms with Crippen molar-refractivity contribution in [2.75, 3.05) is 0 Å². The van der Waals surface area contributed by atoms with Crippen LogP contribution in [0.5, 0.6) is 0 Å². The van der Waals surface area contributed by atoms with Crippen molar-refractivity contribution in [1.82, 2.24) is 0 Å². The molecule has 2 aliphatic rings. The second-order valence-corrected chi connectivity index (χ2v) is 3.04.